The van der Waals surface area contributed by atoms with Gasteiger partial charge in [0.1, 0.15) is 5.75 Å². The quantitative estimate of drug-likeness (QED) is 0.799. The molecule has 0 radical (unpaired) electrons. The van der Waals surface area contributed by atoms with Crippen LogP contribution in [-0.2, 0) is 0 Å². The summed E-state index contributed by atoms with van der Waals surface area (Å²) >= 11 is 0. The summed E-state index contributed by atoms with van der Waals surface area (Å²) in [7, 11) is 0. The molecule has 0 amide bonds. The fraction of sp³-hybridized carbons (Fsp3) is 0.478. The van der Waals surface area contributed by atoms with Gasteiger partial charge in [-0.25, -0.2) is 0 Å². The Hall–Kier alpha value is -1.84. The second kappa shape index (κ2) is 9.20. The van der Waals surface area contributed by atoms with Crippen molar-refractivity contribution in [3.63, 3.8) is 0 Å². The van der Waals surface area contributed by atoms with Crippen molar-refractivity contribution in [2.45, 2.75) is 51.2 Å². The molecular formula is C23H32NO2+. The maximum absolute atomic E-state index is 11.2. The van der Waals surface area contributed by atoms with Crippen LogP contribution >= 0.6 is 0 Å². The molecule has 0 aromatic heterocycles. The van der Waals surface area contributed by atoms with Crippen molar-refractivity contribution in [1.82, 2.24) is 0 Å². The zero-order valence-corrected chi connectivity index (χ0v) is 16.0. The zero-order valence-electron chi connectivity index (χ0n) is 16.0. The van der Waals surface area contributed by atoms with E-state index in [4.69, 9.17) is 4.74 Å². The third-order valence-corrected chi connectivity index (χ3v) is 5.27. The number of rotatable bonds is 7. The van der Waals surface area contributed by atoms with Gasteiger partial charge < -0.3 is 14.7 Å². The molecule has 1 aliphatic rings. The number of hydrogen-bond donors (Lipinski definition) is 2. The predicted molar refractivity (Wildman–Crippen MR) is 106 cm³/mol. The Balaban J connectivity index is 1.78. The fourth-order valence-corrected chi connectivity index (χ4v) is 3.93. The largest absolute Gasteiger partial charge is 0.491 e. The van der Waals surface area contributed by atoms with Crippen molar-refractivity contribution in [3.05, 3.63) is 65.7 Å². The minimum absolute atomic E-state index is 0.112. The van der Waals surface area contributed by atoms with Gasteiger partial charge in [0.25, 0.3) is 0 Å². The van der Waals surface area contributed by atoms with Crippen molar-refractivity contribution in [3.8, 4) is 5.75 Å². The first-order valence-corrected chi connectivity index (χ1v) is 9.96. The van der Waals surface area contributed by atoms with Crippen LogP contribution in [-0.4, -0.2) is 30.8 Å². The molecule has 140 valence electrons. The number of ether oxygens (including phenoxy) is 1. The van der Waals surface area contributed by atoms with E-state index >= 15 is 0 Å². The smallest absolute Gasteiger partial charge is 0.119 e. The SMILES string of the molecule is CC(C)Oc1ccc([C@@H](O)[C@@H](C[NH+]2CCCCC2)c2ccccc2)cc1. The van der Waals surface area contributed by atoms with E-state index in [1.54, 1.807) is 4.90 Å². The summed E-state index contributed by atoms with van der Waals surface area (Å²) < 4.78 is 5.73. The first-order valence-electron chi connectivity index (χ1n) is 9.96. The predicted octanol–water partition coefficient (Wildman–Crippen LogP) is 3.36. The van der Waals surface area contributed by atoms with Crippen LogP contribution in [0.1, 0.15) is 56.3 Å². The van der Waals surface area contributed by atoms with Crippen molar-refractivity contribution < 1.29 is 14.7 Å². The average Bonchev–Trinajstić information content (AvgIpc) is 2.67. The maximum atomic E-state index is 11.2. The normalized spacial score (nSPS) is 17.8. The van der Waals surface area contributed by atoms with Crippen LogP contribution in [0.2, 0.25) is 0 Å². The minimum atomic E-state index is -0.500. The highest BCUT2D eigenvalue weighted by Crippen LogP contribution is 2.31. The van der Waals surface area contributed by atoms with Crippen LogP contribution in [0.5, 0.6) is 5.75 Å². The first kappa shape index (κ1) is 18.9. The van der Waals surface area contributed by atoms with Crippen LogP contribution in [0.15, 0.2) is 54.6 Å². The van der Waals surface area contributed by atoms with Gasteiger partial charge in [-0.15, -0.1) is 0 Å². The molecule has 2 atom stereocenters. The summed E-state index contributed by atoms with van der Waals surface area (Å²) in [6, 6.07) is 18.4. The van der Waals surface area contributed by atoms with Gasteiger partial charge in [-0.3, -0.25) is 0 Å². The number of nitrogens with one attached hydrogen (secondary N) is 1. The van der Waals surface area contributed by atoms with Crippen LogP contribution < -0.4 is 9.64 Å². The number of aliphatic hydroxyl groups excluding tert-OH is 1. The summed E-state index contributed by atoms with van der Waals surface area (Å²) in [6.45, 7) is 7.47. The molecule has 3 rings (SSSR count). The van der Waals surface area contributed by atoms with E-state index < -0.39 is 6.10 Å². The van der Waals surface area contributed by atoms with Crippen molar-refractivity contribution in [2.24, 2.45) is 0 Å². The second-order valence-corrected chi connectivity index (χ2v) is 7.71. The maximum Gasteiger partial charge on any atom is 0.119 e. The number of quaternary nitrogens is 1. The highest BCUT2D eigenvalue weighted by atomic mass is 16.5. The van der Waals surface area contributed by atoms with E-state index in [0.29, 0.717) is 0 Å². The summed E-state index contributed by atoms with van der Waals surface area (Å²) in [6.07, 6.45) is 3.60. The minimum Gasteiger partial charge on any atom is -0.491 e. The Morgan fingerprint density at radius 2 is 1.54 bits per heavy atom. The Morgan fingerprint density at radius 3 is 2.15 bits per heavy atom. The Kier molecular flexibility index (Phi) is 6.70. The lowest BCUT2D eigenvalue weighted by Gasteiger charge is -2.30. The molecule has 26 heavy (non-hydrogen) atoms. The van der Waals surface area contributed by atoms with E-state index in [9.17, 15) is 5.11 Å². The van der Waals surface area contributed by atoms with Crippen molar-refractivity contribution >= 4 is 0 Å². The van der Waals surface area contributed by atoms with Gasteiger partial charge >= 0.3 is 0 Å². The van der Waals surface area contributed by atoms with Crippen molar-refractivity contribution in [1.29, 1.82) is 0 Å². The van der Waals surface area contributed by atoms with E-state index in [-0.39, 0.29) is 12.0 Å². The van der Waals surface area contributed by atoms with Crippen LogP contribution in [0.3, 0.4) is 0 Å². The standard InChI is InChI=1S/C23H31NO2/c1-18(2)26-21-13-11-20(12-14-21)23(25)22(19-9-5-3-6-10-19)17-24-15-7-4-8-16-24/h3,5-6,9-14,18,22-23,25H,4,7-8,15-17H2,1-2H3/p+1/t22-,23+/m0/s1. The molecule has 3 nitrogen and oxygen atoms in total. The van der Waals surface area contributed by atoms with Gasteiger partial charge in [-0.05, 0) is 56.4 Å². The van der Waals surface area contributed by atoms with E-state index in [1.165, 1.54) is 37.9 Å². The third kappa shape index (κ3) is 5.09. The van der Waals surface area contributed by atoms with Crippen LogP contribution in [0.4, 0.5) is 0 Å². The van der Waals surface area contributed by atoms with Gasteiger partial charge in [-0.2, -0.15) is 0 Å². The monoisotopic (exact) mass is 354 g/mol. The molecule has 0 unspecified atom stereocenters. The second-order valence-electron chi connectivity index (χ2n) is 7.71. The highest BCUT2D eigenvalue weighted by Gasteiger charge is 2.28. The number of aliphatic hydroxyl groups is 1. The van der Waals surface area contributed by atoms with Crippen molar-refractivity contribution in [2.75, 3.05) is 19.6 Å². The molecular weight excluding hydrogens is 322 g/mol. The Bertz CT molecular complexity index is 648. The molecule has 2 aromatic carbocycles. The molecule has 0 bridgehead atoms. The lowest BCUT2D eigenvalue weighted by atomic mass is 9.88. The molecule has 0 aliphatic carbocycles. The molecule has 0 saturated carbocycles. The van der Waals surface area contributed by atoms with Gasteiger partial charge in [0.15, 0.2) is 0 Å². The molecule has 2 aromatic rings. The zero-order chi connectivity index (χ0) is 18.4. The summed E-state index contributed by atoms with van der Waals surface area (Å²) in [5.41, 5.74) is 2.19. The van der Waals surface area contributed by atoms with Crippen LogP contribution in [0.25, 0.3) is 0 Å². The number of hydrogen-bond acceptors (Lipinski definition) is 2. The lowest BCUT2D eigenvalue weighted by molar-refractivity contribution is -0.906. The third-order valence-electron chi connectivity index (χ3n) is 5.27. The van der Waals surface area contributed by atoms with E-state index in [1.807, 2.05) is 44.2 Å². The van der Waals surface area contributed by atoms with Gasteiger partial charge in [0.2, 0.25) is 0 Å². The average molecular weight is 355 g/mol. The summed E-state index contributed by atoms with van der Waals surface area (Å²) in [5.74, 6) is 0.968. The van der Waals surface area contributed by atoms with E-state index in [0.717, 1.165) is 17.9 Å². The number of likely N-dealkylation sites (tertiary alicyclic amines) is 1. The molecule has 3 heteroatoms. The van der Waals surface area contributed by atoms with Gasteiger partial charge in [-0.1, -0.05) is 42.5 Å². The number of benzene rings is 2. The molecule has 0 spiro atoms. The Morgan fingerprint density at radius 1 is 0.885 bits per heavy atom. The summed E-state index contributed by atoms with van der Waals surface area (Å²) in [4.78, 5) is 1.61. The highest BCUT2D eigenvalue weighted by molar-refractivity contribution is 5.31. The first-order chi connectivity index (χ1) is 12.6. The fourth-order valence-electron chi connectivity index (χ4n) is 3.93. The Labute approximate surface area is 157 Å². The topological polar surface area (TPSA) is 33.9 Å². The molecule has 1 aliphatic heterocycles. The summed E-state index contributed by atoms with van der Waals surface area (Å²) in [5, 5.41) is 11.2. The van der Waals surface area contributed by atoms with E-state index in [2.05, 4.69) is 24.3 Å². The molecule has 2 N–H and O–H groups in total. The van der Waals surface area contributed by atoms with Gasteiger partial charge in [0.05, 0.1) is 37.8 Å². The van der Waals surface area contributed by atoms with Crippen LogP contribution in [0, 0.1) is 0 Å². The molecule has 1 heterocycles. The lowest BCUT2D eigenvalue weighted by Crippen LogP contribution is -3.13. The molecule has 1 saturated heterocycles. The van der Waals surface area contributed by atoms with Gasteiger partial charge in [0, 0.05) is 0 Å². The number of piperidine rings is 1. The molecule has 1 fully saturated rings.